The molecule has 2 heterocycles. The monoisotopic (exact) mass is 250 g/mol. The Morgan fingerprint density at radius 1 is 1.56 bits per heavy atom. The molecule has 0 radical (unpaired) electrons. The summed E-state index contributed by atoms with van der Waals surface area (Å²) in [6.07, 6.45) is 1.57. The SMILES string of the molecule is CCN(CC(C)(C)O)C(=O)c1cc2occc2[nH]1. The lowest BCUT2D eigenvalue weighted by atomic mass is 10.1. The van der Waals surface area contributed by atoms with E-state index in [9.17, 15) is 9.90 Å². The molecule has 0 aliphatic rings. The molecule has 2 N–H and O–H groups in total. The molecule has 18 heavy (non-hydrogen) atoms. The van der Waals surface area contributed by atoms with E-state index in [0.717, 1.165) is 5.52 Å². The van der Waals surface area contributed by atoms with Gasteiger partial charge in [-0.15, -0.1) is 0 Å². The van der Waals surface area contributed by atoms with Gasteiger partial charge in [-0.3, -0.25) is 4.79 Å². The van der Waals surface area contributed by atoms with Gasteiger partial charge in [-0.05, 0) is 20.8 Å². The lowest BCUT2D eigenvalue weighted by Gasteiger charge is -2.27. The van der Waals surface area contributed by atoms with Crippen LogP contribution >= 0.6 is 0 Å². The predicted molar refractivity (Wildman–Crippen MR) is 68.4 cm³/mol. The molecular weight excluding hydrogens is 232 g/mol. The number of likely N-dealkylation sites (N-methyl/N-ethyl adjacent to an activating group) is 1. The molecule has 0 fully saturated rings. The van der Waals surface area contributed by atoms with Crippen molar-refractivity contribution in [3.05, 3.63) is 24.1 Å². The molecule has 0 spiro atoms. The Morgan fingerprint density at radius 2 is 2.28 bits per heavy atom. The first kappa shape index (κ1) is 12.7. The number of hydrogen-bond acceptors (Lipinski definition) is 3. The highest BCUT2D eigenvalue weighted by atomic mass is 16.3. The van der Waals surface area contributed by atoms with Gasteiger partial charge >= 0.3 is 0 Å². The fourth-order valence-electron chi connectivity index (χ4n) is 1.93. The topological polar surface area (TPSA) is 69.5 Å². The lowest BCUT2D eigenvalue weighted by molar-refractivity contribution is 0.0312. The summed E-state index contributed by atoms with van der Waals surface area (Å²) in [5.41, 5.74) is 1.04. The molecule has 0 saturated carbocycles. The third-order valence-electron chi connectivity index (χ3n) is 2.72. The summed E-state index contributed by atoms with van der Waals surface area (Å²) < 4.78 is 5.21. The Hall–Kier alpha value is -1.75. The highest BCUT2D eigenvalue weighted by Crippen LogP contribution is 2.18. The first-order chi connectivity index (χ1) is 8.40. The molecule has 0 unspecified atom stereocenters. The summed E-state index contributed by atoms with van der Waals surface area (Å²) in [5, 5.41) is 9.79. The van der Waals surface area contributed by atoms with E-state index < -0.39 is 5.60 Å². The number of fused-ring (bicyclic) bond motifs is 1. The van der Waals surface area contributed by atoms with Crippen molar-refractivity contribution >= 4 is 17.0 Å². The first-order valence-corrected chi connectivity index (χ1v) is 5.98. The van der Waals surface area contributed by atoms with Gasteiger partial charge in [0.1, 0.15) is 5.69 Å². The zero-order valence-electron chi connectivity index (χ0n) is 10.9. The molecule has 0 aliphatic carbocycles. The van der Waals surface area contributed by atoms with Crippen LogP contribution in [-0.2, 0) is 0 Å². The van der Waals surface area contributed by atoms with Gasteiger partial charge in [0.25, 0.3) is 5.91 Å². The van der Waals surface area contributed by atoms with Crippen LogP contribution < -0.4 is 0 Å². The molecule has 98 valence electrons. The first-order valence-electron chi connectivity index (χ1n) is 5.98. The van der Waals surface area contributed by atoms with E-state index in [1.807, 2.05) is 6.92 Å². The van der Waals surface area contributed by atoms with Crippen molar-refractivity contribution < 1.29 is 14.3 Å². The van der Waals surface area contributed by atoms with Crippen molar-refractivity contribution in [1.29, 1.82) is 0 Å². The van der Waals surface area contributed by atoms with Crippen LogP contribution in [-0.4, -0.2) is 39.6 Å². The molecule has 5 heteroatoms. The van der Waals surface area contributed by atoms with Crippen molar-refractivity contribution in [3.8, 4) is 0 Å². The Labute approximate surface area is 105 Å². The standard InChI is InChI=1S/C13H18N2O3/c1-4-15(8-13(2,3)17)12(16)10-7-11-9(14-10)5-6-18-11/h5-7,14,17H,4,8H2,1-3H3. The second-order valence-corrected chi connectivity index (χ2v) is 5.01. The van der Waals surface area contributed by atoms with Gasteiger partial charge in [-0.25, -0.2) is 0 Å². The number of aliphatic hydroxyl groups is 1. The van der Waals surface area contributed by atoms with E-state index in [1.165, 1.54) is 0 Å². The van der Waals surface area contributed by atoms with Gasteiger partial charge in [0, 0.05) is 25.2 Å². The van der Waals surface area contributed by atoms with Gasteiger partial charge in [-0.1, -0.05) is 0 Å². The van der Waals surface area contributed by atoms with Crippen LogP contribution in [0.1, 0.15) is 31.3 Å². The minimum atomic E-state index is -0.905. The zero-order valence-corrected chi connectivity index (χ0v) is 10.9. The van der Waals surface area contributed by atoms with Crippen LogP contribution in [0.2, 0.25) is 0 Å². The van der Waals surface area contributed by atoms with E-state index in [1.54, 1.807) is 37.1 Å². The van der Waals surface area contributed by atoms with Gasteiger partial charge < -0.3 is 19.4 Å². The smallest absolute Gasteiger partial charge is 0.270 e. The zero-order chi connectivity index (χ0) is 13.3. The quantitative estimate of drug-likeness (QED) is 0.871. The van der Waals surface area contributed by atoms with Crippen LogP contribution in [0.3, 0.4) is 0 Å². The second kappa shape index (κ2) is 4.49. The molecule has 0 aliphatic heterocycles. The maximum Gasteiger partial charge on any atom is 0.270 e. The largest absolute Gasteiger partial charge is 0.463 e. The van der Waals surface area contributed by atoms with Gasteiger partial charge in [0.15, 0.2) is 5.58 Å². The summed E-state index contributed by atoms with van der Waals surface area (Å²) in [6.45, 7) is 6.09. The second-order valence-electron chi connectivity index (χ2n) is 5.01. The molecule has 2 aromatic rings. The molecule has 0 bridgehead atoms. The molecule has 1 amide bonds. The minimum absolute atomic E-state index is 0.133. The molecule has 0 atom stereocenters. The normalized spacial score (nSPS) is 12.0. The molecule has 0 aromatic carbocycles. The van der Waals surface area contributed by atoms with Crippen LogP contribution in [0.25, 0.3) is 11.1 Å². The van der Waals surface area contributed by atoms with E-state index >= 15 is 0 Å². The van der Waals surface area contributed by atoms with Crippen LogP contribution in [0.15, 0.2) is 22.8 Å². The highest BCUT2D eigenvalue weighted by molar-refractivity contribution is 5.96. The fraction of sp³-hybridized carbons (Fsp3) is 0.462. The van der Waals surface area contributed by atoms with Crippen LogP contribution in [0, 0.1) is 0 Å². The predicted octanol–water partition coefficient (Wildman–Crippen LogP) is 1.99. The summed E-state index contributed by atoms with van der Waals surface area (Å²) in [4.78, 5) is 16.9. The third-order valence-corrected chi connectivity index (χ3v) is 2.72. The summed E-state index contributed by atoms with van der Waals surface area (Å²) in [6, 6.07) is 3.46. The molecule has 0 saturated heterocycles. The number of carbonyl (C=O) groups excluding carboxylic acids is 1. The number of nitrogens with zero attached hydrogens (tertiary/aromatic N) is 1. The number of aromatic amines is 1. The maximum atomic E-state index is 12.3. The number of H-pyrrole nitrogens is 1. The number of rotatable bonds is 4. The molecule has 5 nitrogen and oxygen atoms in total. The summed E-state index contributed by atoms with van der Waals surface area (Å²) in [5.74, 6) is -0.133. The fourth-order valence-corrected chi connectivity index (χ4v) is 1.93. The molecule has 2 rings (SSSR count). The number of amides is 1. The van der Waals surface area contributed by atoms with E-state index in [2.05, 4.69) is 4.98 Å². The Kier molecular flexibility index (Phi) is 3.17. The van der Waals surface area contributed by atoms with Crippen LogP contribution in [0.5, 0.6) is 0 Å². The Bertz CT molecular complexity index is 519. The number of hydrogen-bond donors (Lipinski definition) is 2. The number of aromatic nitrogens is 1. The third kappa shape index (κ3) is 2.56. The van der Waals surface area contributed by atoms with Crippen LogP contribution in [0.4, 0.5) is 0 Å². The van der Waals surface area contributed by atoms with Crippen molar-refractivity contribution in [2.75, 3.05) is 13.1 Å². The van der Waals surface area contributed by atoms with E-state index in [0.29, 0.717) is 24.4 Å². The van der Waals surface area contributed by atoms with Crippen molar-refractivity contribution in [2.24, 2.45) is 0 Å². The number of carbonyl (C=O) groups is 1. The average molecular weight is 250 g/mol. The summed E-state index contributed by atoms with van der Waals surface area (Å²) in [7, 11) is 0. The Morgan fingerprint density at radius 3 is 2.83 bits per heavy atom. The highest BCUT2D eigenvalue weighted by Gasteiger charge is 2.23. The van der Waals surface area contributed by atoms with E-state index in [-0.39, 0.29) is 5.91 Å². The van der Waals surface area contributed by atoms with E-state index in [4.69, 9.17) is 4.42 Å². The Balaban J connectivity index is 2.21. The summed E-state index contributed by atoms with van der Waals surface area (Å²) >= 11 is 0. The lowest BCUT2D eigenvalue weighted by Crippen LogP contribution is -2.42. The minimum Gasteiger partial charge on any atom is -0.463 e. The number of furan rings is 1. The molecular formula is C13H18N2O3. The van der Waals surface area contributed by atoms with Crippen molar-refractivity contribution in [3.63, 3.8) is 0 Å². The van der Waals surface area contributed by atoms with Crippen molar-refractivity contribution in [2.45, 2.75) is 26.4 Å². The van der Waals surface area contributed by atoms with Gasteiger partial charge in [0.05, 0.1) is 17.4 Å². The van der Waals surface area contributed by atoms with Gasteiger partial charge in [-0.2, -0.15) is 0 Å². The molecule has 2 aromatic heterocycles. The maximum absolute atomic E-state index is 12.3. The average Bonchev–Trinajstić information content (AvgIpc) is 2.83. The number of nitrogens with one attached hydrogen (secondary N) is 1. The van der Waals surface area contributed by atoms with Crippen molar-refractivity contribution in [1.82, 2.24) is 9.88 Å². The van der Waals surface area contributed by atoms with Gasteiger partial charge in [0.2, 0.25) is 0 Å².